The molecule has 0 unspecified atom stereocenters. The molecule has 1 aliphatic heterocycles. The van der Waals surface area contributed by atoms with Crippen LogP contribution in [0.5, 0.6) is 0 Å². The molecule has 1 fully saturated rings. The Morgan fingerprint density at radius 2 is 1.86 bits per heavy atom. The van der Waals surface area contributed by atoms with Crippen LogP contribution >= 0.6 is 11.8 Å². The van der Waals surface area contributed by atoms with Gasteiger partial charge in [-0.15, -0.1) is 0 Å². The second-order valence-electron chi connectivity index (χ2n) is 7.74. The van der Waals surface area contributed by atoms with E-state index in [1.807, 2.05) is 37.7 Å². The Labute approximate surface area is 179 Å². The van der Waals surface area contributed by atoms with Crippen molar-refractivity contribution in [1.29, 1.82) is 0 Å². The molecule has 2 rings (SSSR count). The molecule has 29 heavy (non-hydrogen) atoms. The maximum atomic E-state index is 11.8. The number of nitrogens with two attached hydrogens (primary N) is 2. The van der Waals surface area contributed by atoms with Crippen molar-refractivity contribution < 1.29 is 4.79 Å². The summed E-state index contributed by atoms with van der Waals surface area (Å²) >= 11 is 1.99. The average molecular weight is 418 g/mol. The quantitative estimate of drug-likeness (QED) is 0.384. The number of hydrogen-bond acceptors (Lipinski definition) is 6. The van der Waals surface area contributed by atoms with Crippen molar-refractivity contribution >= 4 is 23.4 Å². The van der Waals surface area contributed by atoms with Gasteiger partial charge in [-0.1, -0.05) is 26.0 Å². The molecule has 0 radical (unpaired) electrons. The van der Waals surface area contributed by atoms with Crippen LogP contribution in [0.3, 0.4) is 0 Å². The molecule has 1 amide bonds. The van der Waals surface area contributed by atoms with Crippen LogP contribution in [0, 0.1) is 5.92 Å². The number of nitrogens with zero attached hydrogens (tertiary/aromatic N) is 1. The molecule has 1 aromatic rings. The second-order valence-corrected chi connectivity index (χ2v) is 8.87. The monoisotopic (exact) mass is 417 g/mol. The summed E-state index contributed by atoms with van der Waals surface area (Å²) in [5.41, 5.74) is 15.2. The third kappa shape index (κ3) is 7.01. The van der Waals surface area contributed by atoms with Gasteiger partial charge in [-0.3, -0.25) is 9.69 Å². The summed E-state index contributed by atoms with van der Waals surface area (Å²) < 4.78 is 0. The van der Waals surface area contributed by atoms with Gasteiger partial charge >= 0.3 is 0 Å². The fourth-order valence-corrected chi connectivity index (χ4v) is 4.13. The predicted octanol–water partition coefficient (Wildman–Crippen LogP) is 2.84. The Morgan fingerprint density at radius 1 is 1.24 bits per heavy atom. The number of piperidine rings is 1. The minimum absolute atomic E-state index is 0.0743. The standard InChI is InChI=1S/C22H35N5OS/c1-15(2)19(21(24)22(28)25-3)13-20(23)26-17-7-5-16(6-8-17)14-27-11-9-18(29-4)10-12-27/h5-8,13,15,18,26H,9-12,14,23-24H2,1-4H3,(H,25,28)/b20-13+,21-19+. The number of hydrogen-bond donors (Lipinski definition) is 4. The van der Waals surface area contributed by atoms with Crippen molar-refractivity contribution in [1.82, 2.24) is 10.2 Å². The van der Waals surface area contributed by atoms with Crippen LogP contribution in [0.15, 0.2) is 47.4 Å². The Bertz CT molecular complexity index is 734. The lowest BCUT2D eigenvalue weighted by Crippen LogP contribution is -2.34. The zero-order chi connectivity index (χ0) is 21.4. The molecule has 7 heteroatoms. The molecule has 6 N–H and O–H groups in total. The molecule has 1 aromatic carbocycles. The van der Waals surface area contributed by atoms with E-state index in [0.717, 1.165) is 30.6 Å². The first-order valence-electron chi connectivity index (χ1n) is 10.1. The highest BCUT2D eigenvalue weighted by Gasteiger charge is 2.18. The number of carbonyl (C=O) groups excluding carboxylic acids is 1. The normalized spacial score (nSPS) is 17.2. The molecule has 160 valence electrons. The van der Waals surface area contributed by atoms with Crippen LogP contribution in [-0.2, 0) is 11.3 Å². The third-order valence-electron chi connectivity index (χ3n) is 5.23. The fraction of sp³-hybridized carbons (Fsp3) is 0.500. The number of allylic oxidation sites excluding steroid dienone is 2. The van der Waals surface area contributed by atoms with Crippen molar-refractivity contribution in [2.75, 3.05) is 31.7 Å². The van der Waals surface area contributed by atoms with Crippen LogP contribution in [0.1, 0.15) is 32.3 Å². The number of amides is 1. The van der Waals surface area contributed by atoms with Crippen LogP contribution in [0.25, 0.3) is 0 Å². The van der Waals surface area contributed by atoms with Gasteiger partial charge in [0.05, 0.1) is 0 Å². The van der Waals surface area contributed by atoms with Gasteiger partial charge in [0, 0.05) is 24.5 Å². The van der Waals surface area contributed by atoms with Gasteiger partial charge in [-0.25, -0.2) is 0 Å². The van der Waals surface area contributed by atoms with E-state index in [9.17, 15) is 4.79 Å². The number of carbonyl (C=O) groups is 1. The molecule has 0 spiro atoms. The van der Waals surface area contributed by atoms with E-state index < -0.39 is 0 Å². The maximum absolute atomic E-state index is 11.8. The number of benzene rings is 1. The molecule has 0 aliphatic carbocycles. The average Bonchev–Trinajstić information content (AvgIpc) is 2.72. The van der Waals surface area contributed by atoms with E-state index in [-0.39, 0.29) is 17.5 Å². The highest BCUT2D eigenvalue weighted by molar-refractivity contribution is 7.99. The summed E-state index contributed by atoms with van der Waals surface area (Å²) in [6.07, 6.45) is 6.48. The van der Waals surface area contributed by atoms with Gasteiger partial charge in [0.2, 0.25) is 0 Å². The SMILES string of the molecule is CNC(=O)/C(N)=C(/C=C(\N)Nc1ccc(CN2CCC(SC)CC2)cc1)C(C)C. The molecule has 1 heterocycles. The summed E-state index contributed by atoms with van der Waals surface area (Å²) in [5.74, 6) is 0.224. The van der Waals surface area contributed by atoms with Crippen molar-refractivity contribution in [3.8, 4) is 0 Å². The van der Waals surface area contributed by atoms with E-state index in [0.29, 0.717) is 11.4 Å². The van der Waals surface area contributed by atoms with Crippen molar-refractivity contribution in [3.05, 3.63) is 53.0 Å². The first kappa shape index (κ1) is 23.2. The van der Waals surface area contributed by atoms with Gasteiger partial charge in [-0.2, -0.15) is 11.8 Å². The summed E-state index contributed by atoms with van der Waals surface area (Å²) in [5, 5.41) is 6.55. The maximum Gasteiger partial charge on any atom is 0.267 e. The lowest BCUT2D eigenvalue weighted by molar-refractivity contribution is -0.117. The molecule has 0 saturated carbocycles. The van der Waals surface area contributed by atoms with Crippen LogP contribution in [-0.4, -0.2) is 42.4 Å². The lowest BCUT2D eigenvalue weighted by Gasteiger charge is -2.31. The van der Waals surface area contributed by atoms with E-state index in [4.69, 9.17) is 11.5 Å². The van der Waals surface area contributed by atoms with Crippen molar-refractivity contribution in [2.45, 2.75) is 38.5 Å². The number of nitrogens with one attached hydrogen (secondary N) is 2. The van der Waals surface area contributed by atoms with Crippen LogP contribution < -0.4 is 22.1 Å². The van der Waals surface area contributed by atoms with Crippen LogP contribution in [0.4, 0.5) is 5.69 Å². The van der Waals surface area contributed by atoms with Crippen molar-refractivity contribution in [2.24, 2.45) is 17.4 Å². The van der Waals surface area contributed by atoms with Crippen LogP contribution in [0.2, 0.25) is 0 Å². The number of thioether (sulfide) groups is 1. The largest absolute Gasteiger partial charge is 0.394 e. The van der Waals surface area contributed by atoms with Gasteiger partial charge < -0.3 is 22.1 Å². The summed E-state index contributed by atoms with van der Waals surface area (Å²) in [6.45, 7) is 7.27. The van der Waals surface area contributed by atoms with E-state index >= 15 is 0 Å². The van der Waals surface area contributed by atoms with Gasteiger partial charge in [-0.05, 0) is 67.5 Å². The topological polar surface area (TPSA) is 96.4 Å². The van der Waals surface area contributed by atoms with E-state index in [1.54, 1.807) is 13.1 Å². The lowest BCUT2D eigenvalue weighted by atomic mass is 10.00. The minimum Gasteiger partial charge on any atom is -0.394 e. The van der Waals surface area contributed by atoms with Gasteiger partial charge in [0.25, 0.3) is 5.91 Å². The number of likely N-dealkylation sites (tertiary alicyclic amines) is 1. The predicted molar refractivity (Wildman–Crippen MR) is 124 cm³/mol. The zero-order valence-electron chi connectivity index (χ0n) is 18.0. The summed E-state index contributed by atoms with van der Waals surface area (Å²) in [6, 6.07) is 8.33. The Hall–Kier alpha value is -2.12. The number of likely N-dealkylation sites (N-methyl/N-ethyl adjacent to an activating group) is 1. The summed E-state index contributed by atoms with van der Waals surface area (Å²) in [4.78, 5) is 14.4. The smallest absolute Gasteiger partial charge is 0.267 e. The molecule has 6 nitrogen and oxygen atoms in total. The van der Waals surface area contributed by atoms with E-state index in [1.165, 1.54) is 18.4 Å². The first-order chi connectivity index (χ1) is 13.8. The minimum atomic E-state index is -0.302. The Morgan fingerprint density at radius 3 is 2.38 bits per heavy atom. The molecule has 0 atom stereocenters. The fourth-order valence-electron chi connectivity index (χ4n) is 3.45. The van der Waals surface area contributed by atoms with E-state index in [2.05, 4.69) is 33.9 Å². The molecular weight excluding hydrogens is 382 g/mol. The number of rotatable bonds is 8. The first-order valence-corrected chi connectivity index (χ1v) is 11.4. The zero-order valence-corrected chi connectivity index (χ0v) is 18.8. The number of anilines is 1. The molecule has 1 saturated heterocycles. The Balaban J connectivity index is 1.99. The van der Waals surface area contributed by atoms with Gasteiger partial charge in [0.1, 0.15) is 11.5 Å². The highest BCUT2D eigenvalue weighted by Crippen LogP contribution is 2.23. The van der Waals surface area contributed by atoms with Crippen molar-refractivity contribution in [3.63, 3.8) is 0 Å². The van der Waals surface area contributed by atoms with Gasteiger partial charge in [0.15, 0.2) is 0 Å². The summed E-state index contributed by atoms with van der Waals surface area (Å²) in [7, 11) is 1.56. The molecule has 0 bridgehead atoms. The third-order valence-corrected chi connectivity index (χ3v) is 6.37. The second kappa shape index (κ2) is 11.2. The Kier molecular flexibility index (Phi) is 8.92. The molecule has 1 aliphatic rings. The molecular formula is C22H35N5OS. The highest BCUT2D eigenvalue weighted by atomic mass is 32.2. The molecule has 0 aromatic heterocycles.